The summed E-state index contributed by atoms with van der Waals surface area (Å²) in [6.07, 6.45) is 1.79. The van der Waals surface area contributed by atoms with E-state index in [9.17, 15) is 0 Å². The average Bonchev–Trinajstić information content (AvgIpc) is 2.64. The smallest absolute Gasteiger partial charge is 0.487 e. The third-order valence-corrected chi connectivity index (χ3v) is 4.01. The number of nitrogens with zero attached hydrogens (tertiary/aromatic N) is 1. The van der Waals surface area contributed by atoms with Crippen LogP contribution in [0.2, 0.25) is 0 Å². The highest BCUT2D eigenvalue weighted by Crippen LogP contribution is 2.37. The second kappa shape index (κ2) is 5.79. The highest BCUT2D eigenvalue weighted by Gasteiger charge is 2.50. The summed E-state index contributed by atoms with van der Waals surface area (Å²) in [4.78, 5) is 4.32. The van der Waals surface area contributed by atoms with Gasteiger partial charge in [0, 0.05) is 0 Å². The lowest BCUT2D eigenvalue weighted by molar-refractivity contribution is 0.00578. The van der Waals surface area contributed by atoms with Crippen molar-refractivity contribution in [3.05, 3.63) is 29.5 Å². The van der Waals surface area contributed by atoms with Gasteiger partial charge in [0.1, 0.15) is 11.4 Å². The van der Waals surface area contributed by atoms with Crippen molar-refractivity contribution in [2.75, 3.05) is 7.11 Å². The first-order valence-electron chi connectivity index (χ1n) is 6.98. The van der Waals surface area contributed by atoms with E-state index in [1.807, 2.05) is 33.7 Å². The van der Waals surface area contributed by atoms with Gasteiger partial charge in [-0.15, -0.1) is 0 Å². The molecular weight excluding hydrogens is 269 g/mol. The fourth-order valence-electron chi connectivity index (χ4n) is 2.02. The van der Waals surface area contributed by atoms with Crippen molar-refractivity contribution < 1.29 is 19.2 Å². The molecule has 1 saturated heterocycles. The molecule has 6 heteroatoms. The zero-order chi connectivity index (χ0) is 15.7. The molecule has 0 radical (unpaired) electrons. The number of rotatable bonds is 4. The van der Waals surface area contributed by atoms with Crippen molar-refractivity contribution in [1.29, 1.82) is 0 Å². The number of hydrogen-bond acceptors (Lipinski definition) is 5. The first-order valence-corrected chi connectivity index (χ1v) is 6.98. The Balaban J connectivity index is 2.19. The molecule has 0 spiro atoms. The summed E-state index contributed by atoms with van der Waals surface area (Å²) in [6, 6.07) is 3.51. The fraction of sp³-hybridized carbons (Fsp3) is 0.533. The number of aromatic nitrogens is 1. The Morgan fingerprint density at radius 3 is 2.38 bits per heavy atom. The average molecular weight is 291 g/mol. The normalized spacial score (nSPS) is 20.2. The van der Waals surface area contributed by atoms with Gasteiger partial charge in [-0.3, -0.25) is 0 Å². The summed E-state index contributed by atoms with van der Waals surface area (Å²) in [5, 5.41) is 9.17. The van der Waals surface area contributed by atoms with Crippen LogP contribution in [0.3, 0.4) is 0 Å². The molecule has 5 nitrogen and oxygen atoms in total. The van der Waals surface area contributed by atoms with E-state index in [0.717, 1.165) is 0 Å². The minimum Gasteiger partial charge on any atom is -0.494 e. The molecule has 114 valence electrons. The van der Waals surface area contributed by atoms with Gasteiger partial charge < -0.3 is 19.2 Å². The molecule has 2 heterocycles. The standard InChI is InChI=1S/C15H22BNO4/c1-14(2)15(3,4)21-16(20-14)9-8-12-13(19-5)7-6-11(10-18)17-12/h6-9,18H,10H2,1-5H3/b9-8+. The zero-order valence-electron chi connectivity index (χ0n) is 13.2. The van der Waals surface area contributed by atoms with Crippen LogP contribution in [0, 0.1) is 0 Å². The lowest BCUT2D eigenvalue weighted by Gasteiger charge is -2.32. The highest BCUT2D eigenvalue weighted by atomic mass is 16.7. The van der Waals surface area contributed by atoms with Gasteiger partial charge in [0.05, 0.1) is 30.6 Å². The fourth-order valence-corrected chi connectivity index (χ4v) is 2.02. The van der Waals surface area contributed by atoms with Crippen LogP contribution < -0.4 is 4.74 Å². The van der Waals surface area contributed by atoms with Crippen LogP contribution in [0.15, 0.2) is 18.1 Å². The number of aliphatic hydroxyl groups is 1. The first-order chi connectivity index (χ1) is 9.79. The van der Waals surface area contributed by atoms with Crippen LogP contribution in [0.25, 0.3) is 6.08 Å². The summed E-state index contributed by atoms with van der Waals surface area (Å²) in [6.45, 7) is 7.91. The van der Waals surface area contributed by atoms with Gasteiger partial charge in [-0.2, -0.15) is 0 Å². The molecular formula is C15H22BNO4. The maximum absolute atomic E-state index is 9.17. The molecule has 0 bridgehead atoms. The van der Waals surface area contributed by atoms with Crippen LogP contribution in [0.1, 0.15) is 39.1 Å². The van der Waals surface area contributed by atoms with Gasteiger partial charge in [-0.1, -0.05) is 5.98 Å². The third-order valence-electron chi connectivity index (χ3n) is 4.01. The van der Waals surface area contributed by atoms with Gasteiger partial charge >= 0.3 is 7.12 Å². The Hall–Kier alpha value is -1.37. The Morgan fingerprint density at radius 1 is 1.24 bits per heavy atom. The van der Waals surface area contributed by atoms with Crippen LogP contribution in [-0.4, -0.2) is 35.5 Å². The van der Waals surface area contributed by atoms with E-state index < -0.39 is 7.12 Å². The SMILES string of the molecule is COc1ccc(CO)nc1/C=C/B1OC(C)(C)C(C)(C)O1. The molecule has 1 N–H and O–H groups in total. The van der Waals surface area contributed by atoms with E-state index in [1.165, 1.54) is 0 Å². The Kier molecular flexibility index (Phi) is 4.42. The maximum atomic E-state index is 9.17. The van der Waals surface area contributed by atoms with Crippen LogP contribution in [0.4, 0.5) is 0 Å². The van der Waals surface area contributed by atoms with Gasteiger partial charge in [-0.05, 0) is 45.9 Å². The van der Waals surface area contributed by atoms with Crippen LogP contribution in [0.5, 0.6) is 5.75 Å². The molecule has 0 amide bonds. The molecule has 1 aromatic heterocycles. The van der Waals surface area contributed by atoms with E-state index in [1.54, 1.807) is 25.3 Å². The molecule has 0 saturated carbocycles. The van der Waals surface area contributed by atoms with Gasteiger partial charge in [0.2, 0.25) is 0 Å². The Bertz CT molecular complexity index is 526. The molecule has 1 aliphatic rings. The van der Waals surface area contributed by atoms with Crippen molar-refractivity contribution in [1.82, 2.24) is 4.98 Å². The molecule has 2 rings (SSSR count). The number of ether oxygens (including phenoxy) is 1. The molecule has 0 aromatic carbocycles. The third kappa shape index (κ3) is 3.28. The first kappa shape index (κ1) is 16.0. The molecule has 1 fully saturated rings. The van der Waals surface area contributed by atoms with Crippen molar-refractivity contribution >= 4 is 13.2 Å². The summed E-state index contributed by atoms with van der Waals surface area (Å²) < 4.78 is 17.0. The van der Waals surface area contributed by atoms with E-state index in [2.05, 4.69) is 4.98 Å². The van der Waals surface area contributed by atoms with E-state index in [-0.39, 0.29) is 17.8 Å². The molecule has 0 atom stereocenters. The molecule has 1 aromatic rings. The van der Waals surface area contributed by atoms with Crippen molar-refractivity contribution in [2.24, 2.45) is 0 Å². The number of methoxy groups -OCH3 is 1. The molecule has 1 aliphatic heterocycles. The van der Waals surface area contributed by atoms with Crippen molar-refractivity contribution in [2.45, 2.75) is 45.5 Å². The van der Waals surface area contributed by atoms with Gasteiger partial charge in [0.15, 0.2) is 0 Å². The quantitative estimate of drug-likeness (QED) is 0.862. The Morgan fingerprint density at radius 2 is 1.86 bits per heavy atom. The summed E-state index contributed by atoms with van der Waals surface area (Å²) in [5.74, 6) is 2.45. The minimum absolute atomic E-state index is 0.110. The lowest BCUT2D eigenvalue weighted by atomic mass is 9.89. The molecule has 21 heavy (non-hydrogen) atoms. The van der Waals surface area contributed by atoms with E-state index >= 15 is 0 Å². The molecule has 0 unspecified atom stereocenters. The van der Waals surface area contributed by atoms with Crippen LogP contribution >= 0.6 is 0 Å². The summed E-state index contributed by atoms with van der Waals surface area (Å²) in [7, 11) is 1.15. The number of aliphatic hydroxyl groups excluding tert-OH is 1. The van der Waals surface area contributed by atoms with Crippen LogP contribution in [-0.2, 0) is 15.9 Å². The second-order valence-electron chi connectivity index (χ2n) is 6.03. The lowest BCUT2D eigenvalue weighted by Crippen LogP contribution is -2.41. The van der Waals surface area contributed by atoms with Gasteiger partial charge in [0.25, 0.3) is 0 Å². The predicted molar refractivity (Wildman–Crippen MR) is 81.8 cm³/mol. The topological polar surface area (TPSA) is 60.8 Å². The van der Waals surface area contributed by atoms with E-state index in [4.69, 9.17) is 19.2 Å². The predicted octanol–water partition coefficient (Wildman–Crippen LogP) is 2.23. The zero-order valence-corrected chi connectivity index (χ0v) is 13.2. The molecule has 0 aliphatic carbocycles. The highest BCUT2D eigenvalue weighted by molar-refractivity contribution is 6.52. The monoisotopic (exact) mass is 291 g/mol. The minimum atomic E-state index is -0.431. The summed E-state index contributed by atoms with van der Waals surface area (Å²) in [5.41, 5.74) is 0.488. The number of hydrogen-bond donors (Lipinski definition) is 1. The van der Waals surface area contributed by atoms with Gasteiger partial charge in [-0.25, -0.2) is 4.98 Å². The van der Waals surface area contributed by atoms with Crippen molar-refractivity contribution in [3.63, 3.8) is 0 Å². The second-order valence-corrected chi connectivity index (χ2v) is 6.03. The van der Waals surface area contributed by atoms with E-state index in [0.29, 0.717) is 17.1 Å². The largest absolute Gasteiger partial charge is 0.494 e. The number of pyridine rings is 1. The Labute approximate surface area is 126 Å². The summed E-state index contributed by atoms with van der Waals surface area (Å²) >= 11 is 0. The van der Waals surface area contributed by atoms with Crippen molar-refractivity contribution in [3.8, 4) is 5.75 Å². The maximum Gasteiger partial charge on any atom is 0.487 e.